The van der Waals surface area contributed by atoms with E-state index in [1.807, 2.05) is 24.3 Å². The average molecular weight is 333 g/mol. The molecule has 1 aliphatic heterocycles. The number of benzene rings is 2. The highest BCUT2D eigenvalue weighted by Gasteiger charge is 2.46. The second-order valence-corrected chi connectivity index (χ2v) is 5.68. The van der Waals surface area contributed by atoms with Gasteiger partial charge in [0.2, 0.25) is 5.91 Å². The van der Waals surface area contributed by atoms with Crippen LogP contribution in [0, 0.1) is 0 Å². The van der Waals surface area contributed by atoms with Crippen molar-refractivity contribution in [3.05, 3.63) is 53.1 Å². The number of β-lactam (4-membered cyclic amide) rings is 1. The Balaban J connectivity index is 1.97. The molecular weight excluding hydrogens is 316 g/mol. The molecule has 1 fully saturated rings. The van der Waals surface area contributed by atoms with Crippen molar-refractivity contribution in [3.63, 3.8) is 0 Å². The van der Waals surface area contributed by atoms with Crippen molar-refractivity contribution < 1.29 is 14.3 Å². The fraction of sp³-hybridized carbons (Fsp3) is 0.235. The smallest absolute Gasteiger partial charge is 0.247 e. The van der Waals surface area contributed by atoms with Crippen molar-refractivity contribution in [1.29, 1.82) is 0 Å². The fourth-order valence-electron chi connectivity index (χ4n) is 2.79. The number of ether oxygens (including phenoxy) is 2. The van der Waals surface area contributed by atoms with E-state index in [0.717, 1.165) is 11.3 Å². The molecule has 0 spiro atoms. The highest BCUT2D eigenvalue weighted by atomic mass is 35.5. The number of amides is 1. The van der Waals surface area contributed by atoms with Crippen LogP contribution in [0.1, 0.15) is 11.6 Å². The predicted molar refractivity (Wildman–Crippen MR) is 89.2 cm³/mol. The first kappa shape index (κ1) is 15.6. The van der Waals surface area contributed by atoms with E-state index in [1.165, 1.54) is 0 Å². The molecular formula is C17H17ClN2O3. The van der Waals surface area contributed by atoms with Crippen molar-refractivity contribution in [3.8, 4) is 11.5 Å². The Kier molecular flexibility index (Phi) is 4.15. The van der Waals surface area contributed by atoms with Gasteiger partial charge in [-0.2, -0.15) is 0 Å². The third kappa shape index (κ3) is 2.62. The molecule has 2 aromatic rings. The highest BCUT2D eigenvalue weighted by Crippen LogP contribution is 2.41. The van der Waals surface area contributed by atoms with Gasteiger partial charge in [-0.3, -0.25) is 4.79 Å². The molecule has 2 atom stereocenters. The molecule has 1 aliphatic rings. The SMILES string of the molecule is COc1cccc([C@@H]2[C@@H](N)C(=O)N2c2ccc(OC)c(Cl)c2)c1. The molecule has 5 nitrogen and oxygen atoms in total. The third-order valence-corrected chi connectivity index (χ3v) is 4.29. The van der Waals surface area contributed by atoms with Crippen LogP contribution in [-0.4, -0.2) is 26.2 Å². The Bertz CT molecular complexity index is 750. The zero-order valence-corrected chi connectivity index (χ0v) is 13.6. The highest BCUT2D eigenvalue weighted by molar-refractivity contribution is 6.32. The standard InChI is InChI=1S/C17H17ClN2O3/c1-22-12-5-3-4-10(8-12)16-15(19)17(21)20(16)11-6-7-14(23-2)13(18)9-11/h3-9,15-16H,19H2,1-2H3/t15-,16-/m1/s1. The lowest BCUT2D eigenvalue weighted by Crippen LogP contribution is -2.63. The zero-order chi connectivity index (χ0) is 16.6. The fourth-order valence-corrected chi connectivity index (χ4v) is 3.04. The molecule has 0 saturated carbocycles. The number of anilines is 1. The molecule has 0 radical (unpaired) electrons. The second kappa shape index (κ2) is 6.10. The van der Waals surface area contributed by atoms with E-state index < -0.39 is 6.04 Å². The van der Waals surface area contributed by atoms with Gasteiger partial charge in [0.1, 0.15) is 17.5 Å². The summed E-state index contributed by atoms with van der Waals surface area (Å²) in [5, 5.41) is 0.447. The van der Waals surface area contributed by atoms with Crippen molar-refractivity contribution in [1.82, 2.24) is 0 Å². The number of nitrogens with two attached hydrogens (primary N) is 1. The van der Waals surface area contributed by atoms with Crippen LogP contribution in [0.3, 0.4) is 0 Å². The first-order chi connectivity index (χ1) is 11.1. The van der Waals surface area contributed by atoms with E-state index in [0.29, 0.717) is 16.5 Å². The van der Waals surface area contributed by atoms with Crippen LogP contribution in [0.25, 0.3) is 0 Å². The van der Waals surface area contributed by atoms with Crippen molar-refractivity contribution in [2.45, 2.75) is 12.1 Å². The van der Waals surface area contributed by atoms with Gasteiger partial charge < -0.3 is 20.1 Å². The normalized spacial score (nSPS) is 20.2. The Morgan fingerprint density at radius 1 is 1.13 bits per heavy atom. The van der Waals surface area contributed by atoms with Crippen LogP contribution in [0.15, 0.2) is 42.5 Å². The van der Waals surface area contributed by atoms with E-state index in [4.69, 9.17) is 26.8 Å². The summed E-state index contributed by atoms with van der Waals surface area (Å²) in [6.45, 7) is 0. The van der Waals surface area contributed by atoms with Crippen LogP contribution in [0.2, 0.25) is 5.02 Å². The molecule has 2 N–H and O–H groups in total. The summed E-state index contributed by atoms with van der Waals surface area (Å²) in [6, 6.07) is 11.9. The van der Waals surface area contributed by atoms with E-state index in [1.54, 1.807) is 37.3 Å². The van der Waals surface area contributed by atoms with Crippen molar-refractivity contribution in [2.75, 3.05) is 19.1 Å². The topological polar surface area (TPSA) is 64.8 Å². The van der Waals surface area contributed by atoms with Crippen LogP contribution >= 0.6 is 11.6 Å². The van der Waals surface area contributed by atoms with Gasteiger partial charge in [0.05, 0.1) is 25.3 Å². The lowest BCUT2D eigenvalue weighted by Gasteiger charge is -2.45. The average Bonchev–Trinajstić information content (AvgIpc) is 2.58. The summed E-state index contributed by atoms with van der Waals surface area (Å²) in [7, 11) is 3.15. The van der Waals surface area contributed by atoms with E-state index in [2.05, 4.69) is 0 Å². The summed E-state index contributed by atoms with van der Waals surface area (Å²) in [5.41, 5.74) is 7.63. The van der Waals surface area contributed by atoms with Gasteiger partial charge in [-0.1, -0.05) is 23.7 Å². The molecule has 0 aromatic heterocycles. The van der Waals surface area contributed by atoms with Gasteiger partial charge in [0.25, 0.3) is 0 Å². The van der Waals surface area contributed by atoms with Gasteiger partial charge in [-0.15, -0.1) is 0 Å². The Labute approximate surface area is 139 Å². The lowest BCUT2D eigenvalue weighted by atomic mass is 9.88. The molecule has 1 amide bonds. The Morgan fingerprint density at radius 2 is 1.91 bits per heavy atom. The van der Waals surface area contributed by atoms with E-state index in [9.17, 15) is 4.79 Å². The quantitative estimate of drug-likeness (QED) is 0.874. The van der Waals surface area contributed by atoms with Crippen LogP contribution in [-0.2, 0) is 4.79 Å². The van der Waals surface area contributed by atoms with Gasteiger partial charge in [0, 0.05) is 5.69 Å². The summed E-state index contributed by atoms with van der Waals surface area (Å²) in [5.74, 6) is 1.14. The monoisotopic (exact) mass is 332 g/mol. The molecule has 0 bridgehead atoms. The largest absolute Gasteiger partial charge is 0.497 e. The first-order valence-electron chi connectivity index (χ1n) is 7.13. The molecule has 3 rings (SSSR count). The van der Waals surface area contributed by atoms with Crippen LogP contribution < -0.4 is 20.1 Å². The van der Waals surface area contributed by atoms with E-state index in [-0.39, 0.29) is 11.9 Å². The number of methoxy groups -OCH3 is 2. The van der Waals surface area contributed by atoms with Gasteiger partial charge in [0.15, 0.2) is 0 Å². The third-order valence-electron chi connectivity index (χ3n) is 3.99. The molecule has 6 heteroatoms. The number of rotatable bonds is 4. The summed E-state index contributed by atoms with van der Waals surface area (Å²) in [6.07, 6.45) is 0. The number of hydrogen-bond donors (Lipinski definition) is 1. The second-order valence-electron chi connectivity index (χ2n) is 5.27. The van der Waals surface area contributed by atoms with Gasteiger partial charge >= 0.3 is 0 Å². The minimum absolute atomic E-state index is 0.140. The summed E-state index contributed by atoms with van der Waals surface area (Å²) >= 11 is 6.17. The molecule has 1 heterocycles. The zero-order valence-electron chi connectivity index (χ0n) is 12.8. The van der Waals surface area contributed by atoms with Crippen molar-refractivity contribution in [2.24, 2.45) is 5.73 Å². The maximum atomic E-state index is 12.3. The Morgan fingerprint density at radius 3 is 2.57 bits per heavy atom. The molecule has 0 aliphatic carbocycles. The minimum atomic E-state index is -0.581. The minimum Gasteiger partial charge on any atom is -0.497 e. The van der Waals surface area contributed by atoms with Gasteiger partial charge in [-0.25, -0.2) is 0 Å². The first-order valence-corrected chi connectivity index (χ1v) is 7.50. The molecule has 120 valence electrons. The number of carbonyl (C=O) groups excluding carboxylic acids is 1. The number of hydrogen-bond acceptors (Lipinski definition) is 4. The molecule has 2 aromatic carbocycles. The van der Waals surface area contributed by atoms with Crippen LogP contribution in [0.4, 0.5) is 5.69 Å². The molecule has 0 unspecified atom stereocenters. The maximum absolute atomic E-state index is 12.3. The van der Waals surface area contributed by atoms with Crippen molar-refractivity contribution >= 4 is 23.2 Å². The Hall–Kier alpha value is -2.24. The van der Waals surface area contributed by atoms with Gasteiger partial charge in [-0.05, 0) is 35.9 Å². The molecule has 23 heavy (non-hydrogen) atoms. The molecule has 1 saturated heterocycles. The predicted octanol–water partition coefficient (Wildman–Crippen LogP) is 2.77. The van der Waals surface area contributed by atoms with Crippen LogP contribution in [0.5, 0.6) is 11.5 Å². The number of nitrogens with zero attached hydrogens (tertiary/aromatic N) is 1. The van der Waals surface area contributed by atoms with E-state index >= 15 is 0 Å². The lowest BCUT2D eigenvalue weighted by molar-refractivity contribution is -0.126. The summed E-state index contributed by atoms with van der Waals surface area (Å²) < 4.78 is 10.4. The number of halogens is 1. The number of carbonyl (C=O) groups is 1. The summed E-state index contributed by atoms with van der Waals surface area (Å²) in [4.78, 5) is 13.9. The maximum Gasteiger partial charge on any atom is 0.247 e.